The molecule has 2 heterocycles. The molecule has 2 rings (SSSR count). The number of piperazine rings is 1. The van der Waals surface area contributed by atoms with E-state index >= 15 is 0 Å². The Bertz CT molecular complexity index is 530. The first-order valence-corrected chi connectivity index (χ1v) is 7.42. The molecule has 1 aromatic rings. The molecule has 0 radical (unpaired) electrons. The van der Waals surface area contributed by atoms with Crippen LogP contribution >= 0.6 is 0 Å². The molecule has 1 saturated heterocycles. The number of carbonyl (C=O) groups is 2. The molecule has 3 N–H and O–H groups in total. The Morgan fingerprint density at radius 2 is 1.90 bits per heavy atom. The summed E-state index contributed by atoms with van der Waals surface area (Å²) in [5.41, 5.74) is 2.62. The number of hydrogen-bond donors (Lipinski definition) is 3. The van der Waals surface area contributed by atoms with Gasteiger partial charge >= 0.3 is 0 Å². The summed E-state index contributed by atoms with van der Waals surface area (Å²) in [6.07, 6.45) is 0. The summed E-state index contributed by atoms with van der Waals surface area (Å²) in [5, 5.41) is 6.22. The second kappa shape index (κ2) is 6.87. The van der Waals surface area contributed by atoms with E-state index in [1.54, 1.807) is 0 Å². The van der Waals surface area contributed by atoms with Gasteiger partial charge in [0.05, 0.1) is 0 Å². The zero-order valence-corrected chi connectivity index (χ0v) is 13.0. The molecule has 1 aliphatic rings. The predicted octanol–water partition coefficient (Wildman–Crippen LogP) is 0.469. The molecule has 0 aromatic carbocycles. The molecule has 1 amide bonds. The van der Waals surface area contributed by atoms with Crippen molar-refractivity contribution in [3.63, 3.8) is 0 Å². The van der Waals surface area contributed by atoms with Gasteiger partial charge in [0.1, 0.15) is 5.69 Å². The van der Waals surface area contributed by atoms with Gasteiger partial charge in [-0.2, -0.15) is 0 Å². The first-order valence-electron chi connectivity index (χ1n) is 7.42. The molecule has 0 bridgehead atoms. The fourth-order valence-corrected chi connectivity index (χ4v) is 2.86. The molecular formula is C15H24N4O2. The highest BCUT2D eigenvalue weighted by Crippen LogP contribution is 2.18. The zero-order chi connectivity index (χ0) is 15.4. The number of aromatic nitrogens is 1. The molecule has 0 atom stereocenters. The lowest BCUT2D eigenvalue weighted by atomic mass is 10.1. The number of Topliss-reactive ketones (excluding diaryl/α,β-unsaturated/α-hetero) is 1. The van der Waals surface area contributed by atoms with Crippen LogP contribution in [0.2, 0.25) is 0 Å². The van der Waals surface area contributed by atoms with E-state index in [0.29, 0.717) is 17.8 Å². The number of nitrogens with one attached hydrogen (secondary N) is 3. The van der Waals surface area contributed by atoms with Gasteiger partial charge in [0.25, 0.3) is 5.91 Å². The van der Waals surface area contributed by atoms with Crippen LogP contribution in [0.1, 0.15) is 39.0 Å². The molecule has 6 nitrogen and oxygen atoms in total. The SMILES string of the molecule is CC(=O)c1c(C)[nH]c(C(=O)NCCN2CCNCC2)c1C. The van der Waals surface area contributed by atoms with Crippen LogP contribution in [0.4, 0.5) is 0 Å². The first-order chi connectivity index (χ1) is 10.0. The molecule has 116 valence electrons. The number of H-pyrrole nitrogens is 1. The van der Waals surface area contributed by atoms with E-state index in [4.69, 9.17) is 0 Å². The normalized spacial score (nSPS) is 16.0. The number of aryl methyl sites for hydroxylation is 1. The van der Waals surface area contributed by atoms with Crippen LogP contribution in [0.3, 0.4) is 0 Å². The minimum Gasteiger partial charge on any atom is -0.354 e. The Kier molecular flexibility index (Phi) is 5.14. The van der Waals surface area contributed by atoms with Gasteiger partial charge < -0.3 is 15.6 Å². The quantitative estimate of drug-likeness (QED) is 0.690. The molecule has 6 heteroatoms. The Balaban J connectivity index is 1.91. The summed E-state index contributed by atoms with van der Waals surface area (Å²) in [5.74, 6) is -0.153. The highest BCUT2D eigenvalue weighted by Gasteiger charge is 2.19. The molecular weight excluding hydrogens is 268 g/mol. The van der Waals surface area contributed by atoms with E-state index < -0.39 is 0 Å². The molecule has 1 aliphatic heterocycles. The standard InChI is InChI=1S/C15H24N4O2/c1-10-13(12(3)20)11(2)18-14(10)15(21)17-6-9-19-7-4-16-5-8-19/h16,18H,4-9H2,1-3H3,(H,17,21). The molecule has 0 saturated carbocycles. The highest BCUT2D eigenvalue weighted by molar-refractivity contribution is 6.02. The third-order valence-corrected chi connectivity index (χ3v) is 3.94. The maximum absolute atomic E-state index is 12.2. The number of ketones is 1. The van der Waals surface area contributed by atoms with E-state index in [1.165, 1.54) is 6.92 Å². The maximum atomic E-state index is 12.2. The first kappa shape index (κ1) is 15.7. The number of hydrogen-bond acceptors (Lipinski definition) is 4. The van der Waals surface area contributed by atoms with Crippen LogP contribution < -0.4 is 10.6 Å². The molecule has 21 heavy (non-hydrogen) atoms. The van der Waals surface area contributed by atoms with Gasteiger partial charge in [-0.1, -0.05) is 0 Å². The van der Waals surface area contributed by atoms with Gasteiger partial charge in [-0.25, -0.2) is 0 Å². The van der Waals surface area contributed by atoms with Crippen LogP contribution in [-0.4, -0.2) is 60.8 Å². The second-order valence-electron chi connectivity index (χ2n) is 5.53. The van der Waals surface area contributed by atoms with E-state index in [0.717, 1.165) is 44.0 Å². The van der Waals surface area contributed by atoms with Gasteiger partial charge in [0.15, 0.2) is 5.78 Å². The summed E-state index contributed by atoms with van der Waals surface area (Å²) in [6, 6.07) is 0. The molecule has 1 aromatic heterocycles. The van der Waals surface area contributed by atoms with Crippen molar-refractivity contribution in [2.75, 3.05) is 39.3 Å². The third kappa shape index (κ3) is 3.71. The van der Waals surface area contributed by atoms with Crippen molar-refractivity contribution < 1.29 is 9.59 Å². The van der Waals surface area contributed by atoms with Crippen LogP contribution in [0.5, 0.6) is 0 Å². The van der Waals surface area contributed by atoms with Crippen LogP contribution in [0, 0.1) is 13.8 Å². The molecule has 1 fully saturated rings. The number of amides is 1. The summed E-state index contributed by atoms with van der Waals surface area (Å²) >= 11 is 0. The average molecular weight is 292 g/mol. The van der Waals surface area contributed by atoms with E-state index in [-0.39, 0.29) is 11.7 Å². The summed E-state index contributed by atoms with van der Waals surface area (Å²) < 4.78 is 0. The van der Waals surface area contributed by atoms with Gasteiger partial charge in [-0.3, -0.25) is 14.5 Å². The maximum Gasteiger partial charge on any atom is 0.268 e. The van der Waals surface area contributed by atoms with Gasteiger partial charge in [-0.15, -0.1) is 0 Å². The third-order valence-electron chi connectivity index (χ3n) is 3.94. The molecule has 0 unspecified atom stereocenters. The fraction of sp³-hybridized carbons (Fsp3) is 0.600. The second-order valence-corrected chi connectivity index (χ2v) is 5.53. The smallest absolute Gasteiger partial charge is 0.268 e. The monoisotopic (exact) mass is 292 g/mol. The number of carbonyl (C=O) groups excluding carboxylic acids is 2. The van der Waals surface area contributed by atoms with Crippen molar-refractivity contribution >= 4 is 11.7 Å². The Morgan fingerprint density at radius 3 is 2.48 bits per heavy atom. The van der Waals surface area contributed by atoms with Crippen molar-refractivity contribution in [3.8, 4) is 0 Å². The van der Waals surface area contributed by atoms with Crippen LogP contribution in [0.15, 0.2) is 0 Å². The van der Waals surface area contributed by atoms with Crippen molar-refractivity contribution in [2.24, 2.45) is 0 Å². The highest BCUT2D eigenvalue weighted by atomic mass is 16.2. The van der Waals surface area contributed by atoms with E-state index in [9.17, 15) is 9.59 Å². The lowest BCUT2D eigenvalue weighted by Crippen LogP contribution is -2.46. The lowest BCUT2D eigenvalue weighted by Gasteiger charge is -2.27. The average Bonchev–Trinajstić information content (AvgIpc) is 2.75. The molecule has 0 spiro atoms. The minimum absolute atomic E-state index is 0.0129. The Hall–Kier alpha value is -1.66. The van der Waals surface area contributed by atoms with Crippen LogP contribution in [-0.2, 0) is 0 Å². The largest absolute Gasteiger partial charge is 0.354 e. The van der Waals surface area contributed by atoms with E-state index in [2.05, 4.69) is 20.5 Å². The van der Waals surface area contributed by atoms with Crippen molar-refractivity contribution in [1.82, 2.24) is 20.5 Å². The minimum atomic E-state index is -0.141. The lowest BCUT2D eigenvalue weighted by molar-refractivity contribution is 0.0942. The van der Waals surface area contributed by atoms with Gasteiger partial charge in [0, 0.05) is 50.5 Å². The van der Waals surface area contributed by atoms with Crippen molar-refractivity contribution in [3.05, 3.63) is 22.5 Å². The molecule has 0 aliphatic carbocycles. The Morgan fingerprint density at radius 1 is 1.24 bits per heavy atom. The topological polar surface area (TPSA) is 77.2 Å². The van der Waals surface area contributed by atoms with Crippen LogP contribution in [0.25, 0.3) is 0 Å². The number of nitrogens with zero attached hydrogens (tertiary/aromatic N) is 1. The van der Waals surface area contributed by atoms with Gasteiger partial charge in [0.2, 0.25) is 0 Å². The Labute approximate surface area is 125 Å². The summed E-state index contributed by atoms with van der Waals surface area (Å²) in [7, 11) is 0. The summed E-state index contributed by atoms with van der Waals surface area (Å²) in [6.45, 7) is 10.7. The zero-order valence-electron chi connectivity index (χ0n) is 13.0. The van der Waals surface area contributed by atoms with Crippen molar-refractivity contribution in [1.29, 1.82) is 0 Å². The number of aromatic amines is 1. The fourth-order valence-electron chi connectivity index (χ4n) is 2.86. The number of rotatable bonds is 5. The van der Waals surface area contributed by atoms with Crippen molar-refractivity contribution in [2.45, 2.75) is 20.8 Å². The predicted molar refractivity (Wildman–Crippen MR) is 81.9 cm³/mol. The summed E-state index contributed by atoms with van der Waals surface area (Å²) in [4.78, 5) is 29.1. The van der Waals surface area contributed by atoms with E-state index in [1.807, 2.05) is 13.8 Å². The van der Waals surface area contributed by atoms with Gasteiger partial charge in [-0.05, 0) is 26.3 Å².